The zero-order valence-electron chi connectivity index (χ0n) is 19.5. The van der Waals surface area contributed by atoms with Crippen LogP contribution in [0.1, 0.15) is 118 Å². The van der Waals surface area contributed by atoms with Gasteiger partial charge in [0.2, 0.25) is 0 Å². The average molecular weight is 429 g/mol. The number of phenolic OH excluding ortho intramolecular Hbond substituents is 1. The number of hydrogen-bond donors (Lipinski definition) is 1. The number of aryl methyl sites for hydroxylation is 1. The molecule has 0 aliphatic rings. The number of hydrogen-bond acceptors (Lipinski definition) is 1. The molecule has 0 radical (unpaired) electrons. The predicted molar refractivity (Wildman–Crippen MR) is 132 cm³/mol. The summed E-state index contributed by atoms with van der Waals surface area (Å²) in [5.41, 5.74) is 5.57. The average Bonchev–Trinajstić information content (AvgIpc) is 2.76. The van der Waals surface area contributed by atoms with Crippen LogP contribution < -0.4 is 0 Å². The predicted octanol–water partition coefficient (Wildman–Crippen LogP) is 9.23. The smallest absolute Gasteiger partial charge is 0.122 e. The van der Waals surface area contributed by atoms with Crippen LogP contribution in [0.15, 0.2) is 36.4 Å². The third-order valence-electron chi connectivity index (χ3n) is 6.51. The Kier molecular flexibility index (Phi) is 10.8. The van der Waals surface area contributed by atoms with Crippen LogP contribution in [0.2, 0.25) is 0 Å². The first-order chi connectivity index (χ1) is 14.5. The molecule has 0 aliphatic heterocycles. The maximum absolute atomic E-state index is 10.6. The van der Waals surface area contributed by atoms with E-state index in [1.807, 2.05) is 19.1 Å². The molecule has 0 fully saturated rings. The van der Waals surface area contributed by atoms with E-state index in [0.29, 0.717) is 17.5 Å². The molecule has 2 aromatic rings. The first kappa shape index (κ1) is 24.8. The molecule has 0 saturated carbocycles. The highest BCUT2D eigenvalue weighted by molar-refractivity contribution is 6.17. The van der Waals surface area contributed by atoms with Crippen molar-refractivity contribution < 1.29 is 5.11 Å². The first-order valence-electron chi connectivity index (χ1n) is 12.0. The number of alkyl halides is 1. The van der Waals surface area contributed by atoms with E-state index in [0.717, 1.165) is 16.7 Å². The van der Waals surface area contributed by atoms with Crippen molar-refractivity contribution in [3.05, 3.63) is 64.2 Å². The van der Waals surface area contributed by atoms with Crippen LogP contribution in [0, 0.1) is 6.92 Å². The maximum atomic E-state index is 10.6. The van der Waals surface area contributed by atoms with Gasteiger partial charge in [-0.3, -0.25) is 0 Å². The van der Waals surface area contributed by atoms with Crippen LogP contribution in [-0.4, -0.2) is 5.11 Å². The molecule has 0 spiro atoms. The molecule has 0 saturated heterocycles. The van der Waals surface area contributed by atoms with Crippen molar-refractivity contribution in [1.29, 1.82) is 0 Å². The lowest BCUT2D eigenvalue weighted by atomic mass is 9.88. The van der Waals surface area contributed by atoms with Crippen LogP contribution in [-0.2, 0) is 5.88 Å². The number of benzene rings is 2. The molecule has 166 valence electrons. The summed E-state index contributed by atoms with van der Waals surface area (Å²) >= 11 is 6.04. The molecule has 0 aliphatic carbocycles. The Balaban J connectivity index is 1.88. The third kappa shape index (κ3) is 7.34. The van der Waals surface area contributed by atoms with E-state index < -0.39 is 0 Å². The Morgan fingerprint density at radius 1 is 0.833 bits per heavy atom. The van der Waals surface area contributed by atoms with Gasteiger partial charge in [-0.15, -0.1) is 11.6 Å². The molecular formula is C28H41ClO. The summed E-state index contributed by atoms with van der Waals surface area (Å²) < 4.78 is 0. The summed E-state index contributed by atoms with van der Waals surface area (Å²) in [6.07, 6.45) is 12.3. The molecular weight excluding hydrogens is 388 g/mol. The normalized spacial score (nSPS) is 13.4. The fraction of sp³-hybridized carbons (Fsp3) is 0.571. The number of halogens is 1. The van der Waals surface area contributed by atoms with Gasteiger partial charge in [-0.1, -0.05) is 109 Å². The van der Waals surface area contributed by atoms with Gasteiger partial charge >= 0.3 is 0 Å². The molecule has 1 N–H and O–H groups in total. The van der Waals surface area contributed by atoms with E-state index in [-0.39, 0.29) is 5.92 Å². The van der Waals surface area contributed by atoms with Gasteiger partial charge in [0.15, 0.2) is 0 Å². The minimum absolute atomic E-state index is 0.143. The highest BCUT2D eigenvalue weighted by Crippen LogP contribution is 2.35. The molecule has 0 amide bonds. The molecule has 2 aromatic carbocycles. The van der Waals surface area contributed by atoms with Crippen molar-refractivity contribution in [1.82, 2.24) is 0 Å². The SMILES string of the molecule is CCCCCCCCCCC(C)c1ccc(C(C)c2cc(CCl)cc(C)c2O)cc1. The Morgan fingerprint density at radius 3 is 2.00 bits per heavy atom. The third-order valence-corrected chi connectivity index (χ3v) is 6.82. The molecule has 2 rings (SSSR count). The summed E-state index contributed by atoms with van der Waals surface area (Å²) in [6, 6.07) is 13.0. The summed E-state index contributed by atoms with van der Waals surface area (Å²) in [7, 11) is 0. The molecule has 1 nitrogen and oxygen atoms in total. The Morgan fingerprint density at radius 2 is 1.40 bits per heavy atom. The van der Waals surface area contributed by atoms with Gasteiger partial charge in [-0.2, -0.15) is 0 Å². The van der Waals surface area contributed by atoms with Gasteiger partial charge in [0.1, 0.15) is 5.75 Å². The Hall–Kier alpha value is -1.47. The van der Waals surface area contributed by atoms with Gasteiger partial charge in [-0.05, 0) is 41.5 Å². The van der Waals surface area contributed by atoms with Crippen LogP contribution in [0.3, 0.4) is 0 Å². The van der Waals surface area contributed by atoms with Crippen LogP contribution in [0.25, 0.3) is 0 Å². The highest BCUT2D eigenvalue weighted by atomic mass is 35.5. The zero-order valence-corrected chi connectivity index (χ0v) is 20.3. The van der Waals surface area contributed by atoms with E-state index in [1.54, 1.807) is 0 Å². The zero-order chi connectivity index (χ0) is 21.9. The van der Waals surface area contributed by atoms with Crippen molar-refractivity contribution in [2.24, 2.45) is 0 Å². The minimum atomic E-state index is 0.143. The van der Waals surface area contributed by atoms with Crippen molar-refractivity contribution in [2.75, 3.05) is 0 Å². The van der Waals surface area contributed by atoms with E-state index in [9.17, 15) is 5.11 Å². The lowest BCUT2D eigenvalue weighted by molar-refractivity contribution is 0.461. The number of unbranched alkanes of at least 4 members (excludes halogenated alkanes) is 7. The molecule has 2 unspecified atom stereocenters. The van der Waals surface area contributed by atoms with Crippen molar-refractivity contribution in [3.63, 3.8) is 0 Å². The van der Waals surface area contributed by atoms with Crippen molar-refractivity contribution in [3.8, 4) is 5.75 Å². The lowest BCUT2D eigenvalue weighted by Gasteiger charge is -2.18. The second-order valence-corrected chi connectivity index (χ2v) is 9.30. The summed E-state index contributed by atoms with van der Waals surface area (Å²) in [6.45, 7) is 8.72. The number of aromatic hydroxyl groups is 1. The lowest BCUT2D eigenvalue weighted by Crippen LogP contribution is -2.00. The largest absolute Gasteiger partial charge is 0.507 e. The highest BCUT2D eigenvalue weighted by Gasteiger charge is 2.16. The quantitative estimate of drug-likeness (QED) is 0.249. The fourth-order valence-corrected chi connectivity index (χ4v) is 4.49. The topological polar surface area (TPSA) is 20.2 Å². The summed E-state index contributed by atoms with van der Waals surface area (Å²) in [5.74, 6) is 1.60. The Bertz CT molecular complexity index is 750. The number of rotatable bonds is 13. The van der Waals surface area contributed by atoms with Crippen LogP contribution in [0.4, 0.5) is 0 Å². The van der Waals surface area contributed by atoms with E-state index in [4.69, 9.17) is 11.6 Å². The summed E-state index contributed by atoms with van der Waals surface area (Å²) in [4.78, 5) is 0. The minimum Gasteiger partial charge on any atom is -0.507 e. The van der Waals surface area contributed by atoms with Crippen molar-refractivity contribution in [2.45, 2.75) is 103 Å². The molecule has 2 atom stereocenters. The fourth-order valence-electron chi connectivity index (χ4n) is 4.33. The van der Waals surface area contributed by atoms with Gasteiger partial charge in [0, 0.05) is 17.4 Å². The van der Waals surface area contributed by atoms with Crippen LogP contribution >= 0.6 is 11.6 Å². The molecule has 30 heavy (non-hydrogen) atoms. The van der Waals surface area contributed by atoms with E-state index in [2.05, 4.69) is 45.0 Å². The number of phenols is 1. The molecule has 0 heterocycles. The van der Waals surface area contributed by atoms with Gasteiger partial charge in [0.05, 0.1) is 0 Å². The van der Waals surface area contributed by atoms with Crippen LogP contribution in [0.5, 0.6) is 5.75 Å². The Labute approximate surface area is 189 Å². The molecule has 2 heteroatoms. The summed E-state index contributed by atoms with van der Waals surface area (Å²) in [5, 5.41) is 10.6. The van der Waals surface area contributed by atoms with Gasteiger partial charge in [-0.25, -0.2) is 0 Å². The standard InChI is InChI=1S/C28H41ClO/c1-5-6-7-8-9-10-11-12-13-21(2)25-14-16-26(17-15-25)23(4)27-19-24(20-29)18-22(3)28(27)30/h14-19,21,23,30H,5-13,20H2,1-4H3. The van der Waals surface area contributed by atoms with E-state index in [1.165, 1.54) is 68.9 Å². The first-order valence-corrected chi connectivity index (χ1v) is 12.5. The monoisotopic (exact) mass is 428 g/mol. The van der Waals surface area contributed by atoms with Crippen molar-refractivity contribution >= 4 is 11.6 Å². The molecule has 0 bridgehead atoms. The van der Waals surface area contributed by atoms with Gasteiger partial charge < -0.3 is 5.11 Å². The van der Waals surface area contributed by atoms with Gasteiger partial charge in [0.25, 0.3) is 0 Å². The van der Waals surface area contributed by atoms with E-state index >= 15 is 0 Å². The second kappa shape index (κ2) is 13.1. The maximum Gasteiger partial charge on any atom is 0.122 e. The molecule has 0 aromatic heterocycles. The second-order valence-electron chi connectivity index (χ2n) is 9.04.